The van der Waals surface area contributed by atoms with Gasteiger partial charge in [0.15, 0.2) is 5.75 Å². The quantitative estimate of drug-likeness (QED) is 0.137. The van der Waals surface area contributed by atoms with Crippen LogP contribution in [0.1, 0.15) is 0 Å². The third kappa shape index (κ3) is 2.38. The molecule has 8 heteroatoms. The molecule has 0 aliphatic carbocycles. The van der Waals surface area contributed by atoms with Crippen molar-refractivity contribution in [1.82, 2.24) is 0 Å². The van der Waals surface area contributed by atoms with E-state index in [0.29, 0.717) is 44.2 Å². The van der Waals surface area contributed by atoms with Crippen molar-refractivity contribution in [3.05, 3.63) is 54.3 Å². The fourth-order valence-corrected chi connectivity index (χ4v) is 5.53. The highest BCUT2D eigenvalue weighted by molar-refractivity contribution is 7.86. The summed E-state index contributed by atoms with van der Waals surface area (Å²) >= 11 is 0. The van der Waals surface area contributed by atoms with Gasteiger partial charge in [-0.25, -0.2) is 4.39 Å². The molecule has 0 bridgehead atoms. The molecule has 0 aromatic heterocycles. The second-order valence-electron chi connectivity index (χ2n) is 8.01. The van der Waals surface area contributed by atoms with Crippen LogP contribution in [0, 0.1) is 5.82 Å². The molecule has 6 aromatic carbocycles. The van der Waals surface area contributed by atoms with Crippen molar-refractivity contribution in [2.24, 2.45) is 0 Å². The van der Waals surface area contributed by atoms with Gasteiger partial charge in [0, 0.05) is 48.5 Å². The Balaban J connectivity index is 2.06. The minimum Gasteiger partial charge on any atom is -0.427 e. The van der Waals surface area contributed by atoms with Gasteiger partial charge in [0.2, 0.25) is 0 Å². The summed E-state index contributed by atoms with van der Waals surface area (Å²) in [5.74, 6) is -0.0677. The summed E-state index contributed by atoms with van der Waals surface area (Å²) in [6.45, 7) is 0.337. The second-order valence-corrected chi connectivity index (χ2v) is 9.59. The number of carbonyl (C=O) groups excluding carboxylic acids is 1. The number of hydrogen-bond donors (Lipinski definition) is 0. The topological polar surface area (TPSA) is 69.7 Å². The Morgan fingerprint density at radius 2 is 1.38 bits per heavy atom. The number of rotatable bonds is 4. The first-order valence-corrected chi connectivity index (χ1v) is 11.7. The van der Waals surface area contributed by atoms with Gasteiger partial charge in [-0.15, -0.1) is 0 Å². The van der Waals surface area contributed by atoms with E-state index in [4.69, 9.17) is 8.92 Å². The first-order chi connectivity index (χ1) is 15.3. The van der Waals surface area contributed by atoms with Gasteiger partial charge in [0.05, 0.1) is 6.26 Å². The van der Waals surface area contributed by atoms with Crippen LogP contribution in [0.15, 0.2) is 48.5 Å². The average molecular weight is 444 g/mol. The minimum absolute atomic E-state index is 0.164. The Hall–Kier alpha value is -3.65. The van der Waals surface area contributed by atoms with E-state index in [0.717, 1.165) is 27.9 Å². The highest BCUT2D eigenvalue weighted by atomic mass is 32.2. The monoisotopic (exact) mass is 444 g/mol. The SMILES string of the molecule is Bc1cc2c(OS(C)(=O)=O)c3cccc4c(F)cc5c(OC=O)c6cccc1c6c2c5c43. The Kier molecular flexibility index (Phi) is 3.70. The van der Waals surface area contributed by atoms with Gasteiger partial charge in [0.25, 0.3) is 6.47 Å². The maximum atomic E-state index is 15.3. The van der Waals surface area contributed by atoms with Crippen LogP contribution in [-0.2, 0) is 14.9 Å². The van der Waals surface area contributed by atoms with Crippen LogP contribution in [0.3, 0.4) is 0 Å². The summed E-state index contributed by atoms with van der Waals surface area (Å²) in [5, 5.41) is 6.20. The van der Waals surface area contributed by atoms with Crippen LogP contribution < -0.4 is 14.4 Å². The van der Waals surface area contributed by atoms with E-state index in [1.807, 2.05) is 32.1 Å². The van der Waals surface area contributed by atoms with E-state index >= 15 is 4.39 Å². The molecule has 0 amide bonds. The number of carbonyl (C=O) groups is 1. The largest absolute Gasteiger partial charge is 0.427 e. The Morgan fingerprint density at radius 3 is 2.03 bits per heavy atom. The third-order valence-corrected chi connectivity index (χ3v) is 6.58. The minimum atomic E-state index is -3.86. The Morgan fingerprint density at radius 1 is 0.812 bits per heavy atom. The van der Waals surface area contributed by atoms with E-state index < -0.39 is 15.9 Å². The molecule has 156 valence electrons. The fourth-order valence-electron chi connectivity index (χ4n) is 5.05. The summed E-state index contributed by atoms with van der Waals surface area (Å²) in [5.41, 5.74) is 0.904. The summed E-state index contributed by atoms with van der Waals surface area (Å²) in [6.07, 6.45) is 0.987. The van der Waals surface area contributed by atoms with Gasteiger partial charge in [0.1, 0.15) is 19.4 Å². The predicted octanol–water partition coefficient (Wildman–Crippen LogP) is 3.60. The molecule has 0 saturated carbocycles. The molecule has 0 aliphatic heterocycles. The predicted molar refractivity (Wildman–Crippen MR) is 127 cm³/mol. The Bertz CT molecular complexity index is 1850. The van der Waals surface area contributed by atoms with E-state index in [9.17, 15) is 13.2 Å². The van der Waals surface area contributed by atoms with Gasteiger partial charge in [-0.05, 0) is 11.5 Å². The number of benzene rings is 6. The van der Waals surface area contributed by atoms with Crippen LogP contribution in [0.2, 0.25) is 0 Å². The van der Waals surface area contributed by atoms with Crippen LogP contribution >= 0.6 is 0 Å². The lowest BCUT2D eigenvalue weighted by molar-refractivity contribution is -0.120. The van der Waals surface area contributed by atoms with Crippen molar-refractivity contribution < 1.29 is 26.5 Å². The molecule has 5 nitrogen and oxygen atoms in total. The van der Waals surface area contributed by atoms with Gasteiger partial charge in [-0.2, -0.15) is 8.42 Å². The van der Waals surface area contributed by atoms with Gasteiger partial charge in [-0.1, -0.05) is 47.9 Å². The van der Waals surface area contributed by atoms with E-state index in [1.54, 1.807) is 18.2 Å². The van der Waals surface area contributed by atoms with Crippen LogP contribution in [0.25, 0.3) is 53.9 Å². The standard InChI is InChI=1S/C24H14BFO5S/c1-32(28,29)31-24-14-7-3-5-12-18(26)9-16-22(20(12)14)21-15(24)8-17(25)11-4-2-6-13(19(11)21)23(16)30-10-27/h2-10H,25H2,1H3. The molecule has 0 atom stereocenters. The molecule has 0 aliphatic rings. The molecular formula is C24H14BFO5S. The fraction of sp³-hybridized carbons (Fsp3) is 0.0417. The maximum Gasteiger partial charge on any atom is 0.306 e. The van der Waals surface area contributed by atoms with Crippen LogP contribution in [-0.4, -0.2) is 29.0 Å². The normalized spacial score (nSPS) is 12.6. The zero-order valence-electron chi connectivity index (χ0n) is 17.0. The smallest absolute Gasteiger partial charge is 0.306 e. The van der Waals surface area contributed by atoms with Crippen molar-refractivity contribution in [3.63, 3.8) is 0 Å². The highest BCUT2D eigenvalue weighted by Crippen LogP contribution is 2.51. The number of ether oxygens (including phenoxy) is 1. The molecule has 0 N–H and O–H groups in total. The molecule has 0 fully saturated rings. The summed E-state index contributed by atoms with van der Waals surface area (Å²) < 4.78 is 50.5. The van der Waals surface area contributed by atoms with E-state index in [2.05, 4.69) is 0 Å². The van der Waals surface area contributed by atoms with Crippen LogP contribution in [0.5, 0.6) is 11.5 Å². The lowest BCUT2D eigenvalue weighted by atomic mass is 9.80. The highest BCUT2D eigenvalue weighted by Gasteiger charge is 2.26. The number of halogens is 1. The van der Waals surface area contributed by atoms with E-state index in [1.165, 1.54) is 6.07 Å². The van der Waals surface area contributed by atoms with Crippen molar-refractivity contribution in [1.29, 1.82) is 0 Å². The molecule has 0 spiro atoms. The zero-order valence-corrected chi connectivity index (χ0v) is 17.8. The summed E-state index contributed by atoms with van der Waals surface area (Å²) in [4.78, 5) is 11.4. The van der Waals surface area contributed by atoms with Gasteiger partial charge < -0.3 is 8.92 Å². The van der Waals surface area contributed by atoms with Crippen molar-refractivity contribution in [2.45, 2.75) is 0 Å². The molecule has 6 aromatic rings. The van der Waals surface area contributed by atoms with Gasteiger partial charge in [-0.3, -0.25) is 4.79 Å². The molecule has 0 saturated heterocycles. The molecule has 0 heterocycles. The molecule has 32 heavy (non-hydrogen) atoms. The van der Waals surface area contributed by atoms with Crippen molar-refractivity contribution in [2.75, 3.05) is 6.26 Å². The molecular weight excluding hydrogens is 430 g/mol. The first kappa shape index (κ1) is 19.1. The van der Waals surface area contributed by atoms with E-state index in [-0.39, 0.29) is 11.5 Å². The lowest BCUT2D eigenvalue weighted by Gasteiger charge is -2.22. The molecule has 0 unspecified atom stereocenters. The third-order valence-electron chi connectivity index (χ3n) is 6.11. The van der Waals surface area contributed by atoms with Crippen LogP contribution in [0.4, 0.5) is 4.39 Å². The van der Waals surface area contributed by atoms with Crippen molar-refractivity contribution in [3.8, 4) is 11.5 Å². The summed E-state index contributed by atoms with van der Waals surface area (Å²) in [6, 6.07) is 13.9. The van der Waals surface area contributed by atoms with Crippen molar-refractivity contribution >= 4 is 83.8 Å². The Labute approximate surface area is 182 Å². The zero-order chi connectivity index (χ0) is 22.4. The number of hydrogen-bond acceptors (Lipinski definition) is 5. The molecule has 0 radical (unpaired) electrons. The molecule has 6 rings (SSSR count). The summed E-state index contributed by atoms with van der Waals surface area (Å²) in [7, 11) is -1.94. The second kappa shape index (κ2) is 6.20. The average Bonchev–Trinajstić information content (AvgIpc) is 2.75. The maximum absolute atomic E-state index is 15.3. The van der Waals surface area contributed by atoms with Gasteiger partial charge >= 0.3 is 10.1 Å². The lowest BCUT2D eigenvalue weighted by Crippen LogP contribution is -2.10. The first-order valence-electron chi connectivity index (χ1n) is 9.87.